The molecule has 2 bridgehead atoms. The smallest absolute Gasteiger partial charge is 0.302 e. The standard InChI is InChI=1S/C22H34O4/c1-14(24)26-18-19(2)9-6-15-21(4)8-5-7-20(3,13-23)16(21)12-17(25)22(15,18)11-10-19/h10-11,15-18,23,25H,5-9,12-13H2,1-4H3/t15-,16+,17-,18-,19+,20+,21-,22+/m0/s1. The number of aliphatic hydroxyl groups is 2. The molecule has 3 fully saturated rings. The maximum atomic E-state index is 11.9. The molecule has 3 saturated carbocycles. The third-order valence-corrected chi connectivity index (χ3v) is 8.96. The predicted molar refractivity (Wildman–Crippen MR) is 99.2 cm³/mol. The number of fused-ring (bicyclic) bond motifs is 3. The summed E-state index contributed by atoms with van der Waals surface area (Å²) in [6.45, 7) is 8.40. The molecule has 0 aromatic carbocycles. The van der Waals surface area contributed by atoms with Gasteiger partial charge in [0.25, 0.3) is 0 Å². The van der Waals surface area contributed by atoms with Gasteiger partial charge in [-0.3, -0.25) is 4.79 Å². The minimum absolute atomic E-state index is 0.0589. The average molecular weight is 363 g/mol. The summed E-state index contributed by atoms with van der Waals surface area (Å²) in [5.74, 6) is 0.329. The van der Waals surface area contributed by atoms with Crippen LogP contribution in [0.5, 0.6) is 0 Å². The minimum Gasteiger partial charge on any atom is -0.461 e. The van der Waals surface area contributed by atoms with Crippen molar-refractivity contribution in [2.45, 2.75) is 78.4 Å². The highest BCUT2D eigenvalue weighted by atomic mass is 16.5. The molecule has 0 aromatic heterocycles. The Morgan fingerprint density at radius 3 is 2.54 bits per heavy atom. The first-order valence-electron chi connectivity index (χ1n) is 10.3. The molecule has 8 atom stereocenters. The van der Waals surface area contributed by atoms with Crippen LogP contribution in [0.4, 0.5) is 0 Å². The van der Waals surface area contributed by atoms with Crippen LogP contribution in [-0.2, 0) is 9.53 Å². The lowest BCUT2D eigenvalue weighted by molar-refractivity contribution is -0.241. The highest BCUT2D eigenvalue weighted by Gasteiger charge is 2.71. The third-order valence-electron chi connectivity index (χ3n) is 8.96. The largest absolute Gasteiger partial charge is 0.461 e. The molecule has 2 N–H and O–H groups in total. The van der Waals surface area contributed by atoms with Crippen LogP contribution in [0.15, 0.2) is 12.2 Å². The zero-order chi connectivity index (χ0) is 19.0. The van der Waals surface area contributed by atoms with Gasteiger partial charge in [0.2, 0.25) is 0 Å². The average Bonchev–Trinajstić information content (AvgIpc) is 2.74. The Morgan fingerprint density at radius 2 is 1.88 bits per heavy atom. The van der Waals surface area contributed by atoms with E-state index in [9.17, 15) is 15.0 Å². The quantitative estimate of drug-likeness (QED) is 0.583. The van der Waals surface area contributed by atoms with E-state index in [4.69, 9.17) is 4.74 Å². The van der Waals surface area contributed by atoms with Gasteiger partial charge in [-0.2, -0.15) is 0 Å². The van der Waals surface area contributed by atoms with E-state index in [2.05, 4.69) is 32.9 Å². The van der Waals surface area contributed by atoms with E-state index >= 15 is 0 Å². The molecule has 26 heavy (non-hydrogen) atoms. The van der Waals surface area contributed by atoms with Crippen molar-refractivity contribution in [1.82, 2.24) is 0 Å². The van der Waals surface area contributed by atoms with Gasteiger partial charge in [0.1, 0.15) is 6.10 Å². The fourth-order valence-electron chi connectivity index (χ4n) is 7.73. The lowest BCUT2D eigenvalue weighted by Gasteiger charge is -2.67. The normalized spacial score (nSPS) is 55.2. The minimum atomic E-state index is -0.530. The number of hydrogen-bond acceptors (Lipinski definition) is 4. The summed E-state index contributed by atoms with van der Waals surface area (Å²) in [6.07, 6.45) is 9.59. The first-order chi connectivity index (χ1) is 12.1. The lowest BCUT2D eigenvalue weighted by Crippen LogP contribution is -2.67. The molecule has 1 spiro atoms. The molecule has 0 radical (unpaired) electrons. The molecular weight excluding hydrogens is 328 g/mol. The van der Waals surface area contributed by atoms with Gasteiger partial charge in [0.15, 0.2) is 0 Å². The van der Waals surface area contributed by atoms with Crippen LogP contribution in [0.2, 0.25) is 0 Å². The van der Waals surface area contributed by atoms with Crippen LogP contribution < -0.4 is 0 Å². The third kappa shape index (κ3) is 2.12. The number of carbonyl (C=O) groups is 1. The maximum Gasteiger partial charge on any atom is 0.302 e. The molecule has 4 aliphatic carbocycles. The van der Waals surface area contributed by atoms with Crippen molar-refractivity contribution in [2.75, 3.05) is 6.61 Å². The van der Waals surface area contributed by atoms with Gasteiger partial charge in [-0.1, -0.05) is 39.3 Å². The fraction of sp³-hybridized carbons (Fsp3) is 0.864. The van der Waals surface area contributed by atoms with E-state index in [0.717, 1.165) is 32.1 Å². The van der Waals surface area contributed by atoms with Crippen LogP contribution >= 0.6 is 0 Å². The molecule has 0 aliphatic heterocycles. The Hall–Kier alpha value is -0.870. The van der Waals surface area contributed by atoms with Crippen LogP contribution in [0, 0.1) is 33.5 Å². The Labute approximate surface area is 157 Å². The molecule has 4 nitrogen and oxygen atoms in total. The van der Waals surface area contributed by atoms with Crippen molar-refractivity contribution in [1.29, 1.82) is 0 Å². The zero-order valence-electron chi connectivity index (χ0n) is 16.6. The molecule has 0 unspecified atom stereocenters. The summed E-state index contributed by atoms with van der Waals surface area (Å²) < 4.78 is 5.90. The molecule has 0 heterocycles. The second-order valence-electron chi connectivity index (χ2n) is 10.4. The number of hydrogen-bond donors (Lipinski definition) is 2. The van der Waals surface area contributed by atoms with Crippen molar-refractivity contribution >= 4 is 5.97 Å². The molecule has 146 valence electrons. The summed E-state index contributed by atoms with van der Waals surface area (Å²) in [6, 6.07) is 0. The summed E-state index contributed by atoms with van der Waals surface area (Å²) in [7, 11) is 0. The van der Waals surface area contributed by atoms with Crippen molar-refractivity contribution in [3.8, 4) is 0 Å². The molecule has 4 heteroatoms. The van der Waals surface area contributed by atoms with E-state index in [0.29, 0.717) is 12.3 Å². The molecule has 4 rings (SSSR count). The van der Waals surface area contributed by atoms with E-state index in [-0.39, 0.29) is 40.8 Å². The summed E-state index contributed by atoms with van der Waals surface area (Å²) >= 11 is 0. The number of carbonyl (C=O) groups excluding carboxylic acids is 1. The molecule has 0 amide bonds. The number of esters is 1. The number of aliphatic hydroxyl groups excluding tert-OH is 2. The van der Waals surface area contributed by atoms with Gasteiger partial charge in [0.05, 0.1) is 11.5 Å². The summed E-state index contributed by atoms with van der Waals surface area (Å²) in [5.41, 5.74) is -0.724. The number of ether oxygens (including phenoxy) is 1. The topological polar surface area (TPSA) is 66.8 Å². The van der Waals surface area contributed by atoms with Gasteiger partial charge >= 0.3 is 5.97 Å². The monoisotopic (exact) mass is 362 g/mol. The van der Waals surface area contributed by atoms with Crippen molar-refractivity contribution in [2.24, 2.45) is 33.5 Å². The van der Waals surface area contributed by atoms with E-state index < -0.39 is 11.5 Å². The van der Waals surface area contributed by atoms with Crippen LogP contribution in [0.25, 0.3) is 0 Å². The Bertz CT molecular complexity index is 644. The van der Waals surface area contributed by atoms with Crippen LogP contribution in [-0.4, -0.2) is 35.0 Å². The van der Waals surface area contributed by atoms with E-state index in [1.807, 2.05) is 0 Å². The summed E-state index contributed by atoms with van der Waals surface area (Å²) in [5, 5.41) is 21.6. The SMILES string of the molecule is CC(=O)O[C@@H]1[C@]23C=C[C@@]1(C)CC[C@H]2[C@]1(C)CCC[C@](C)(CO)[C@H]1C[C@@H]3O. The van der Waals surface area contributed by atoms with Gasteiger partial charge in [-0.25, -0.2) is 0 Å². The Morgan fingerprint density at radius 1 is 1.15 bits per heavy atom. The second-order valence-corrected chi connectivity index (χ2v) is 10.4. The first kappa shape index (κ1) is 18.5. The van der Waals surface area contributed by atoms with Crippen LogP contribution in [0.3, 0.4) is 0 Å². The highest BCUT2D eigenvalue weighted by molar-refractivity contribution is 5.66. The van der Waals surface area contributed by atoms with Crippen LogP contribution in [0.1, 0.15) is 66.2 Å². The first-order valence-corrected chi connectivity index (χ1v) is 10.3. The van der Waals surface area contributed by atoms with Crippen molar-refractivity contribution in [3.05, 3.63) is 12.2 Å². The summed E-state index contributed by atoms with van der Waals surface area (Å²) in [4.78, 5) is 11.9. The fourth-order valence-corrected chi connectivity index (χ4v) is 7.73. The molecule has 0 saturated heterocycles. The van der Waals surface area contributed by atoms with Gasteiger partial charge in [-0.15, -0.1) is 0 Å². The van der Waals surface area contributed by atoms with Gasteiger partial charge < -0.3 is 14.9 Å². The van der Waals surface area contributed by atoms with E-state index in [1.165, 1.54) is 6.92 Å². The molecular formula is C22H34O4. The lowest BCUT2D eigenvalue weighted by atomic mass is 9.39. The van der Waals surface area contributed by atoms with Crippen molar-refractivity contribution < 1.29 is 19.7 Å². The van der Waals surface area contributed by atoms with Gasteiger partial charge in [-0.05, 0) is 54.8 Å². The maximum absolute atomic E-state index is 11.9. The zero-order valence-corrected chi connectivity index (χ0v) is 16.6. The van der Waals surface area contributed by atoms with Gasteiger partial charge in [0, 0.05) is 18.9 Å². The Kier molecular flexibility index (Phi) is 3.96. The molecule has 4 aliphatic rings. The number of rotatable bonds is 2. The highest BCUT2D eigenvalue weighted by Crippen LogP contribution is 2.72. The predicted octanol–water partition coefficient (Wildman–Crippen LogP) is 3.46. The Balaban J connectivity index is 1.82. The molecule has 0 aromatic rings. The second kappa shape index (κ2) is 5.57. The van der Waals surface area contributed by atoms with Crippen molar-refractivity contribution in [3.63, 3.8) is 0 Å². The van der Waals surface area contributed by atoms with E-state index in [1.54, 1.807) is 0 Å².